The Morgan fingerprint density at radius 1 is 0.447 bits per heavy atom. The molecule has 2 fully saturated rings. The summed E-state index contributed by atoms with van der Waals surface area (Å²) >= 11 is 0. The summed E-state index contributed by atoms with van der Waals surface area (Å²) in [5, 5.41) is 0. The van der Waals surface area contributed by atoms with Gasteiger partial charge in [0.2, 0.25) is 0 Å². The van der Waals surface area contributed by atoms with E-state index in [-0.39, 0.29) is 51.7 Å². The number of halogens is 12. The lowest BCUT2D eigenvalue weighted by atomic mass is 9.68. The molecule has 232 valence electrons. The minimum Gasteiger partial charge on any atom is -0.375 e. The van der Waals surface area contributed by atoms with Gasteiger partial charge in [0.25, 0.3) is 0 Å². The smallest absolute Gasteiger partial charge is 0.375 e. The Bertz CT molecular complexity index is 588. The highest BCUT2D eigenvalue weighted by molar-refractivity contribution is 4.97. The van der Waals surface area contributed by atoms with Crippen molar-refractivity contribution in [1.29, 1.82) is 0 Å². The third-order valence-electron chi connectivity index (χ3n) is 7.02. The first-order chi connectivity index (χ1) is 17.1. The highest BCUT2D eigenvalue weighted by atomic mass is 19.4. The predicted octanol–water partition coefficient (Wildman–Crippen LogP) is 11.2. The summed E-state index contributed by atoms with van der Waals surface area (Å²) in [6.07, 6.45) is -15.5. The quantitative estimate of drug-likeness (QED) is 0.299. The molecule has 2 aliphatic carbocycles. The van der Waals surface area contributed by atoms with Gasteiger partial charge in [-0.3, -0.25) is 0 Å². The van der Waals surface area contributed by atoms with Crippen LogP contribution in [-0.2, 0) is 4.74 Å². The molecule has 0 amide bonds. The number of rotatable bonds is 3. The van der Waals surface area contributed by atoms with E-state index in [4.69, 9.17) is 4.74 Å². The van der Waals surface area contributed by atoms with Crippen molar-refractivity contribution in [3.8, 4) is 0 Å². The van der Waals surface area contributed by atoms with Crippen LogP contribution in [0.1, 0.15) is 106 Å². The number of hydrogen-bond acceptors (Lipinski definition) is 1. The molecule has 0 radical (unpaired) electrons. The summed E-state index contributed by atoms with van der Waals surface area (Å²) in [4.78, 5) is 0. The fourth-order valence-electron chi connectivity index (χ4n) is 4.03. The third-order valence-corrected chi connectivity index (χ3v) is 7.02. The van der Waals surface area contributed by atoms with Crippen molar-refractivity contribution in [2.24, 2.45) is 16.7 Å². The minimum atomic E-state index is -5.28. The van der Waals surface area contributed by atoms with Crippen molar-refractivity contribution < 1.29 is 57.4 Å². The summed E-state index contributed by atoms with van der Waals surface area (Å²) in [6.45, 7) is 8.51. The van der Waals surface area contributed by atoms with Gasteiger partial charge in [0, 0.05) is 0 Å². The molecule has 0 aromatic carbocycles. The van der Waals surface area contributed by atoms with E-state index < -0.39 is 41.5 Å². The molecule has 2 saturated carbocycles. The average molecular weight is 587 g/mol. The zero-order valence-electron chi connectivity index (χ0n) is 23.0. The van der Waals surface area contributed by atoms with Gasteiger partial charge < -0.3 is 4.74 Å². The van der Waals surface area contributed by atoms with Gasteiger partial charge in [0.05, 0.1) is 12.2 Å². The van der Waals surface area contributed by atoms with Gasteiger partial charge in [-0.25, -0.2) is 0 Å². The molecule has 0 aromatic heterocycles. The third kappa shape index (κ3) is 10.3. The molecule has 0 heterocycles. The predicted molar refractivity (Wildman–Crippen MR) is 123 cm³/mol. The highest BCUT2D eigenvalue weighted by Gasteiger charge is 2.70. The molecule has 0 N–H and O–H groups in total. The summed E-state index contributed by atoms with van der Waals surface area (Å²) in [6, 6.07) is 0. The van der Waals surface area contributed by atoms with Gasteiger partial charge in [0.1, 0.15) is 0 Å². The highest BCUT2D eigenvalue weighted by Crippen LogP contribution is 2.58. The van der Waals surface area contributed by atoms with Crippen LogP contribution in [0.2, 0.25) is 0 Å². The lowest BCUT2D eigenvalue weighted by Gasteiger charge is -2.43. The molecule has 38 heavy (non-hydrogen) atoms. The van der Waals surface area contributed by atoms with Crippen molar-refractivity contribution in [2.45, 2.75) is 143 Å². The topological polar surface area (TPSA) is 9.23 Å². The van der Waals surface area contributed by atoms with E-state index in [1.807, 2.05) is 27.7 Å². The molecule has 0 bridgehead atoms. The van der Waals surface area contributed by atoms with E-state index in [1.54, 1.807) is 0 Å². The van der Waals surface area contributed by atoms with Gasteiger partial charge in [-0.05, 0) is 65.2 Å². The number of ether oxygens (including phenoxy) is 1. The van der Waals surface area contributed by atoms with Crippen molar-refractivity contribution in [2.75, 3.05) is 0 Å². The zero-order chi connectivity index (χ0) is 30.8. The molecule has 0 atom stereocenters. The summed E-state index contributed by atoms with van der Waals surface area (Å²) in [5.74, 6) is -1.42. The molecule has 0 aromatic rings. The van der Waals surface area contributed by atoms with E-state index in [9.17, 15) is 52.7 Å². The number of hydrogen-bond donors (Lipinski definition) is 0. The summed E-state index contributed by atoms with van der Waals surface area (Å²) in [7, 11) is 0. The second kappa shape index (κ2) is 15.2. The van der Waals surface area contributed by atoms with Crippen molar-refractivity contribution in [3.63, 3.8) is 0 Å². The fourth-order valence-corrected chi connectivity index (χ4v) is 4.03. The second-order valence-corrected chi connectivity index (χ2v) is 9.69. The molecule has 13 heteroatoms. The first kappa shape index (κ1) is 39.3. The van der Waals surface area contributed by atoms with E-state index in [0.29, 0.717) is 6.92 Å². The van der Waals surface area contributed by atoms with Crippen molar-refractivity contribution in [1.82, 2.24) is 0 Å². The maximum Gasteiger partial charge on any atom is 0.403 e. The van der Waals surface area contributed by atoms with Crippen LogP contribution in [-0.4, -0.2) is 36.9 Å². The maximum absolute atomic E-state index is 13.1. The summed E-state index contributed by atoms with van der Waals surface area (Å²) in [5.41, 5.74) is -7.25. The second-order valence-electron chi connectivity index (χ2n) is 9.69. The van der Waals surface area contributed by atoms with Crippen LogP contribution in [0.25, 0.3) is 0 Å². The van der Waals surface area contributed by atoms with Crippen molar-refractivity contribution >= 4 is 0 Å². The van der Waals surface area contributed by atoms with E-state index in [1.165, 1.54) is 6.42 Å². The van der Waals surface area contributed by atoms with Crippen LogP contribution in [0.5, 0.6) is 0 Å². The Hall–Kier alpha value is -0.880. The largest absolute Gasteiger partial charge is 0.403 e. The Labute approximate surface area is 218 Å². The monoisotopic (exact) mass is 586 g/mol. The van der Waals surface area contributed by atoms with Crippen LogP contribution < -0.4 is 0 Å². The molecule has 0 saturated heterocycles. The van der Waals surface area contributed by atoms with E-state index in [0.717, 1.165) is 25.7 Å². The normalized spacial score (nSPS) is 22.2. The molecule has 0 aliphatic heterocycles. The average Bonchev–Trinajstić information content (AvgIpc) is 2.80. The lowest BCUT2D eigenvalue weighted by molar-refractivity contribution is -0.355. The zero-order valence-corrected chi connectivity index (χ0v) is 23.0. The van der Waals surface area contributed by atoms with Gasteiger partial charge in [-0.15, -0.1) is 0 Å². The Kier molecular flexibility index (Phi) is 15.7. The molecular weight excluding hydrogens is 544 g/mol. The van der Waals surface area contributed by atoms with Crippen molar-refractivity contribution in [3.05, 3.63) is 0 Å². The van der Waals surface area contributed by atoms with Crippen LogP contribution in [0.3, 0.4) is 0 Å². The molecule has 0 unspecified atom stereocenters. The first-order valence-corrected chi connectivity index (χ1v) is 13.0. The lowest BCUT2D eigenvalue weighted by Crippen LogP contribution is -2.53. The van der Waals surface area contributed by atoms with Gasteiger partial charge in [-0.1, -0.05) is 47.0 Å². The minimum absolute atomic E-state index is 0.0904. The molecule has 2 aliphatic rings. The van der Waals surface area contributed by atoms with Crippen LogP contribution in [0.15, 0.2) is 0 Å². The van der Waals surface area contributed by atoms with Crippen LogP contribution >= 0.6 is 0 Å². The van der Waals surface area contributed by atoms with E-state index >= 15 is 0 Å². The van der Waals surface area contributed by atoms with Gasteiger partial charge in [-0.2, -0.15) is 52.7 Å². The summed E-state index contributed by atoms with van der Waals surface area (Å²) < 4.78 is 154. The van der Waals surface area contributed by atoms with Gasteiger partial charge in [0.15, 0.2) is 10.8 Å². The Morgan fingerprint density at radius 2 is 0.763 bits per heavy atom. The SMILES string of the molecule is CC.CC.CC(C)(C(F)(F)F)C(F)(F)F.CC(C1CCC(OC2CCCCC2)CC1)(C(F)(F)F)C(F)(F)F. The van der Waals surface area contributed by atoms with E-state index in [2.05, 4.69) is 0 Å². The molecule has 2 rings (SSSR count). The van der Waals surface area contributed by atoms with Crippen LogP contribution in [0, 0.1) is 16.7 Å². The molecule has 0 spiro atoms. The fraction of sp³-hybridized carbons (Fsp3) is 1.00. The van der Waals surface area contributed by atoms with Crippen LogP contribution in [0.4, 0.5) is 52.7 Å². The molecular formula is C25H42F12O. The Morgan fingerprint density at radius 3 is 1.03 bits per heavy atom. The first-order valence-electron chi connectivity index (χ1n) is 13.0. The number of alkyl halides is 12. The maximum atomic E-state index is 13.1. The molecule has 1 nitrogen and oxygen atoms in total. The standard InChI is InChI=1S/C16H24F6O.C5H6F6.2C2H6/c1-14(15(17,18)19,16(20,21)22)11-7-9-13(10-8-11)23-12-5-3-2-4-6-12;1-3(2,4(6,7)8)5(9,10)11;2*1-2/h11-13H,2-10H2,1H3;1-2H3;2*1-2H3. The van der Waals surface area contributed by atoms with Gasteiger partial charge >= 0.3 is 24.7 Å². The Balaban J connectivity index is 0.